The lowest BCUT2D eigenvalue weighted by Gasteiger charge is -2.21. The molecule has 0 amide bonds. The van der Waals surface area contributed by atoms with Gasteiger partial charge in [-0.2, -0.15) is 0 Å². The molecule has 1 N–H and O–H groups in total. The normalized spacial score (nSPS) is 22.5. The zero-order valence-corrected chi connectivity index (χ0v) is 9.74. The highest BCUT2D eigenvalue weighted by Crippen LogP contribution is 2.30. The maximum Gasteiger partial charge on any atom is 0.0807 e. The number of hydrogen-bond donors (Lipinski definition) is 1. The van der Waals surface area contributed by atoms with Crippen LogP contribution in [0, 0.1) is 5.92 Å². The Morgan fingerprint density at radius 2 is 2.40 bits per heavy atom. The number of aliphatic hydroxyl groups is 1. The molecule has 84 valence electrons. The van der Waals surface area contributed by atoms with Crippen molar-refractivity contribution < 1.29 is 5.11 Å². The molecular weight excluding hydrogens is 186 g/mol. The van der Waals surface area contributed by atoms with Crippen molar-refractivity contribution in [1.29, 1.82) is 0 Å². The van der Waals surface area contributed by atoms with Crippen LogP contribution in [-0.4, -0.2) is 9.67 Å². The van der Waals surface area contributed by atoms with E-state index in [0.717, 1.165) is 31.7 Å². The summed E-state index contributed by atoms with van der Waals surface area (Å²) in [6.45, 7) is 5.61. The Kier molecular flexibility index (Phi) is 3.15. The van der Waals surface area contributed by atoms with E-state index in [0.29, 0.717) is 0 Å². The molecule has 1 aliphatic rings. The van der Waals surface area contributed by atoms with E-state index in [9.17, 15) is 5.11 Å². The van der Waals surface area contributed by atoms with Crippen LogP contribution in [0.25, 0.3) is 0 Å². The molecule has 0 aliphatic heterocycles. The first-order chi connectivity index (χ1) is 7.22. The van der Waals surface area contributed by atoms with Crippen molar-refractivity contribution in [2.45, 2.75) is 52.2 Å². The molecule has 0 fully saturated rings. The fourth-order valence-corrected chi connectivity index (χ4v) is 2.37. The number of hydrogen-bond acceptors (Lipinski definition) is 1. The van der Waals surface area contributed by atoms with Crippen molar-refractivity contribution in [3.63, 3.8) is 0 Å². The van der Waals surface area contributed by atoms with Crippen molar-refractivity contribution in [3.8, 4) is 0 Å². The third-order valence-electron chi connectivity index (χ3n) is 3.57. The van der Waals surface area contributed by atoms with Crippen LogP contribution in [0.3, 0.4) is 0 Å². The summed E-state index contributed by atoms with van der Waals surface area (Å²) in [6.07, 6.45) is 6.34. The third kappa shape index (κ3) is 2.10. The zero-order chi connectivity index (χ0) is 10.8. The van der Waals surface area contributed by atoms with E-state index >= 15 is 0 Å². The Morgan fingerprint density at radius 3 is 3.13 bits per heavy atom. The van der Waals surface area contributed by atoms with Crippen LogP contribution in [0.5, 0.6) is 0 Å². The first-order valence-electron chi connectivity index (χ1n) is 6.08. The smallest absolute Gasteiger partial charge is 0.0807 e. The van der Waals surface area contributed by atoms with E-state index in [1.165, 1.54) is 17.7 Å². The van der Waals surface area contributed by atoms with Crippen molar-refractivity contribution in [3.05, 3.63) is 23.5 Å². The average molecular weight is 207 g/mol. The predicted molar refractivity (Wildman–Crippen MR) is 61.8 cm³/mol. The largest absolute Gasteiger partial charge is 0.388 e. The van der Waals surface area contributed by atoms with Crippen LogP contribution in [0.1, 0.15) is 50.5 Å². The van der Waals surface area contributed by atoms with Crippen LogP contribution in [0.15, 0.2) is 12.3 Å². The standard InChI is InChI=1S/C13H21NO/c1-3-10(2)9-14-8-7-11-12(14)5-4-6-13(11)15/h7-8,10,13,15H,3-6,9H2,1-2H3. The Bertz CT molecular complexity index is 329. The van der Waals surface area contributed by atoms with Gasteiger partial charge in [-0.25, -0.2) is 0 Å². The monoisotopic (exact) mass is 207 g/mol. The lowest BCUT2D eigenvalue weighted by molar-refractivity contribution is 0.155. The van der Waals surface area contributed by atoms with E-state index in [4.69, 9.17) is 0 Å². The van der Waals surface area contributed by atoms with E-state index < -0.39 is 0 Å². The Labute approximate surface area is 91.9 Å². The van der Waals surface area contributed by atoms with Crippen LogP contribution >= 0.6 is 0 Å². The van der Waals surface area contributed by atoms with Gasteiger partial charge in [-0.3, -0.25) is 0 Å². The van der Waals surface area contributed by atoms with Gasteiger partial charge in [-0.05, 0) is 31.2 Å². The zero-order valence-electron chi connectivity index (χ0n) is 9.74. The van der Waals surface area contributed by atoms with E-state index in [1.54, 1.807) is 0 Å². The molecule has 2 rings (SSSR count). The summed E-state index contributed by atoms with van der Waals surface area (Å²) in [5.41, 5.74) is 2.54. The fraction of sp³-hybridized carbons (Fsp3) is 0.692. The Balaban J connectivity index is 2.19. The summed E-state index contributed by atoms with van der Waals surface area (Å²) in [4.78, 5) is 0. The van der Waals surface area contributed by atoms with Gasteiger partial charge in [0.05, 0.1) is 6.10 Å². The number of aromatic nitrogens is 1. The lowest BCUT2D eigenvalue weighted by atomic mass is 9.95. The predicted octanol–water partition coefficient (Wildman–Crippen LogP) is 2.90. The second-order valence-electron chi connectivity index (χ2n) is 4.79. The Morgan fingerprint density at radius 1 is 1.60 bits per heavy atom. The molecule has 0 spiro atoms. The fourth-order valence-electron chi connectivity index (χ4n) is 2.37. The molecule has 0 bridgehead atoms. The average Bonchev–Trinajstić information content (AvgIpc) is 2.63. The van der Waals surface area contributed by atoms with Crippen LogP contribution in [-0.2, 0) is 13.0 Å². The highest BCUT2D eigenvalue weighted by atomic mass is 16.3. The van der Waals surface area contributed by atoms with Crippen molar-refractivity contribution >= 4 is 0 Å². The van der Waals surface area contributed by atoms with Gasteiger partial charge < -0.3 is 9.67 Å². The maximum absolute atomic E-state index is 9.85. The van der Waals surface area contributed by atoms with Crippen molar-refractivity contribution in [2.75, 3.05) is 0 Å². The molecule has 0 aromatic carbocycles. The second kappa shape index (κ2) is 4.40. The van der Waals surface area contributed by atoms with E-state index in [1.807, 2.05) is 0 Å². The first-order valence-corrected chi connectivity index (χ1v) is 6.08. The molecule has 1 aliphatic carbocycles. The SMILES string of the molecule is CCC(C)Cn1ccc2c1CCCC2O. The number of aliphatic hydroxyl groups excluding tert-OH is 1. The summed E-state index contributed by atoms with van der Waals surface area (Å²) in [6, 6.07) is 2.10. The molecule has 1 aromatic rings. The minimum atomic E-state index is -0.216. The lowest BCUT2D eigenvalue weighted by Crippen LogP contribution is -2.14. The minimum absolute atomic E-state index is 0.216. The Hall–Kier alpha value is -0.760. The van der Waals surface area contributed by atoms with Crippen molar-refractivity contribution in [1.82, 2.24) is 4.57 Å². The highest BCUT2D eigenvalue weighted by Gasteiger charge is 2.21. The quantitative estimate of drug-likeness (QED) is 0.810. The van der Waals surface area contributed by atoms with E-state index in [-0.39, 0.29) is 6.10 Å². The third-order valence-corrected chi connectivity index (χ3v) is 3.57. The van der Waals surface area contributed by atoms with Crippen LogP contribution in [0.4, 0.5) is 0 Å². The molecule has 2 heteroatoms. The van der Waals surface area contributed by atoms with Gasteiger partial charge >= 0.3 is 0 Å². The molecular formula is C13H21NO. The summed E-state index contributed by atoms with van der Waals surface area (Å²) < 4.78 is 2.34. The van der Waals surface area contributed by atoms with Crippen LogP contribution in [0.2, 0.25) is 0 Å². The van der Waals surface area contributed by atoms with Gasteiger partial charge in [0.25, 0.3) is 0 Å². The van der Waals surface area contributed by atoms with E-state index in [2.05, 4.69) is 30.7 Å². The molecule has 2 atom stereocenters. The molecule has 1 heterocycles. The highest BCUT2D eigenvalue weighted by molar-refractivity contribution is 5.27. The summed E-state index contributed by atoms with van der Waals surface area (Å²) in [5.74, 6) is 0.723. The topological polar surface area (TPSA) is 25.2 Å². The number of rotatable bonds is 3. The van der Waals surface area contributed by atoms with Gasteiger partial charge in [0.1, 0.15) is 0 Å². The second-order valence-corrected chi connectivity index (χ2v) is 4.79. The first kappa shape index (κ1) is 10.7. The molecule has 2 nitrogen and oxygen atoms in total. The van der Waals surface area contributed by atoms with Gasteiger partial charge in [0.15, 0.2) is 0 Å². The van der Waals surface area contributed by atoms with Crippen LogP contribution < -0.4 is 0 Å². The van der Waals surface area contributed by atoms with Gasteiger partial charge in [-0.15, -0.1) is 0 Å². The van der Waals surface area contributed by atoms with Gasteiger partial charge in [-0.1, -0.05) is 20.3 Å². The van der Waals surface area contributed by atoms with Gasteiger partial charge in [0.2, 0.25) is 0 Å². The number of nitrogens with zero attached hydrogens (tertiary/aromatic N) is 1. The molecule has 15 heavy (non-hydrogen) atoms. The molecule has 2 unspecified atom stereocenters. The number of fused-ring (bicyclic) bond motifs is 1. The molecule has 1 aromatic heterocycles. The summed E-state index contributed by atoms with van der Waals surface area (Å²) in [5, 5.41) is 9.85. The summed E-state index contributed by atoms with van der Waals surface area (Å²) >= 11 is 0. The molecule has 0 radical (unpaired) electrons. The minimum Gasteiger partial charge on any atom is -0.388 e. The molecule has 0 saturated heterocycles. The molecule has 0 saturated carbocycles. The maximum atomic E-state index is 9.85. The van der Waals surface area contributed by atoms with Gasteiger partial charge in [0, 0.05) is 24.0 Å². The summed E-state index contributed by atoms with van der Waals surface area (Å²) in [7, 11) is 0. The van der Waals surface area contributed by atoms with Crippen molar-refractivity contribution in [2.24, 2.45) is 5.92 Å².